The molecule has 3 rings (SSSR count). The molecule has 28 heavy (non-hydrogen) atoms. The number of para-hydroxylation sites is 1. The molecule has 0 aliphatic rings. The largest absolute Gasteiger partial charge is 0.469 e. The number of carbonyl (C=O) groups is 2. The van der Waals surface area contributed by atoms with Gasteiger partial charge in [0.15, 0.2) is 0 Å². The van der Waals surface area contributed by atoms with Crippen molar-refractivity contribution in [3.05, 3.63) is 84.2 Å². The summed E-state index contributed by atoms with van der Waals surface area (Å²) in [5, 5.41) is 7.29. The van der Waals surface area contributed by atoms with Gasteiger partial charge in [-0.3, -0.25) is 9.59 Å². The summed E-state index contributed by atoms with van der Waals surface area (Å²) in [6.07, 6.45) is 4.66. The third-order valence-corrected chi connectivity index (χ3v) is 4.43. The van der Waals surface area contributed by atoms with Crippen molar-refractivity contribution in [2.45, 2.75) is 25.3 Å². The molecule has 6 heteroatoms. The van der Waals surface area contributed by atoms with Gasteiger partial charge in [0.25, 0.3) is 0 Å². The Bertz CT molecular complexity index is 907. The lowest BCUT2D eigenvalue weighted by molar-refractivity contribution is -0.141. The first-order valence-corrected chi connectivity index (χ1v) is 9.16. The Kier molecular flexibility index (Phi) is 6.57. The Labute approximate surface area is 164 Å². The van der Waals surface area contributed by atoms with Gasteiger partial charge in [0.2, 0.25) is 5.91 Å². The maximum Gasteiger partial charge on any atom is 0.307 e. The first-order chi connectivity index (χ1) is 13.7. The van der Waals surface area contributed by atoms with E-state index in [0.29, 0.717) is 12.8 Å². The van der Waals surface area contributed by atoms with Crippen LogP contribution in [0.15, 0.2) is 73.1 Å². The molecule has 0 spiro atoms. The molecule has 0 saturated heterocycles. The molecule has 1 atom stereocenters. The molecular formula is C22H23N3O3. The van der Waals surface area contributed by atoms with Crippen LogP contribution in [-0.2, 0) is 20.7 Å². The zero-order valence-corrected chi connectivity index (χ0v) is 15.7. The van der Waals surface area contributed by atoms with Crippen molar-refractivity contribution in [3.63, 3.8) is 0 Å². The van der Waals surface area contributed by atoms with E-state index >= 15 is 0 Å². The highest BCUT2D eigenvalue weighted by atomic mass is 16.5. The minimum atomic E-state index is -0.409. The number of methoxy groups -OCH3 is 1. The number of esters is 1. The maximum atomic E-state index is 12.5. The number of nitrogens with one attached hydrogen (secondary N) is 1. The first-order valence-electron chi connectivity index (χ1n) is 9.16. The summed E-state index contributed by atoms with van der Waals surface area (Å²) >= 11 is 0. The van der Waals surface area contributed by atoms with Crippen LogP contribution in [0.4, 0.5) is 0 Å². The van der Waals surface area contributed by atoms with Gasteiger partial charge in [0.1, 0.15) is 0 Å². The summed E-state index contributed by atoms with van der Waals surface area (Å²) in [7, 11) is 1.34. The standard InChI is InChI=1S/C22H23N3O3/c1-28-22(27)14-20(18-8-4-2-5-9-18)24-21(26)13-12-17-15-23-25(16-17)19-10-6-3-7-11-19/h2-11,15-16,20H,12-14H2,1H3,(H,24,26). The van der Waals surface area contributed by atoms with E-state index in [-0.39, 0.29) is 18.3 Å². The van der Waals surface area contributed by atoms with Crippen LogP contribution in [0.5, 0.6) is 0 Å². The highest BCUT2D eigenvalue weighted by Crippen LogP contribution is 2.18. The molecule has 1 unspecified atom stereocenters. The predicted octanol–water partition coefficient (Wildman–Crippen LogP) is 3.23. The summed E-state index contributed by atoms with van der Waals surface area (Å²) in [5.74, 6) is -0.483. The smallest absolute Gasteiger partial charge is 0.307 e. The Morgan fingerprint density at radius 3 is 2.43 bits per heavy atom. The van der Waals surface area contributed by atoms with Crippen LogP contribution in [0.1, 0.15) is 30.0 Å². The van der Waals surface area contributed by atoms with Gasteiger partial charge in [-0.2, -0.15) is 5.10 Å². The number of benzene rings is 2. The van der Waals surface area contributed by atoms with Gasteiger partial charge in [-0.05, 0) is 29.7 Å². The Morgan fingerprint density at radius 2 is 1.75 bits per heavy atom. The molecule has 0 bridgehead atoms. The number of amides is 1. The fourth-order valence-corrected chi connectivity index (χ4v) is 2.92. The molecule has 3 aromatic rings. The number of hydrogen-bond acceptors (Lipinski definition) is 4. The molecule has 2 aromatic carbocycles. The molecule has 1 amide bonds. The third kappa shape index (κ3) is 5.30. The molecule has 0 saturated carbocycles. The van der Waals surface area contributed by atoms with Gasteiger partial charge in [0, 0.05) is 12.6 Å². The fraction of sp³-hybridized carbons (Fsp3) is 0.227. The number of rotatable bonds is 8. The number of aryl methyl sites for hydroxylation is 1. The van der Waals surface area contributed by atoms with Gasteiger partial charge in [-0.25, -0.2) is 4.68 Å². The van der Waals surface area contributed by atoms with E-state index in [4.69, 9.17) is 4.74 Å². The molecule has 1 aromatic heterocycles. The highest BCUT2D eigenvalue weighted by molar-refractivity contribution is 5.78. The molecule has 0 fully saturated rings. The molecule has 0 aliphatic carbocycles. The normalized spacial score (nSPS) is 11.6. The van der Waals surface area contributed by atoms with Crippen molar-refractivity contribution in [1.82, 2.24) is 15.1 Å². The second kappa shape index (κ2) is 9.50. The van der Waals surface area contributed by atoms with Crippen LogP contribution in [0, 0.1) is 0 Å². The second-order valence-electron chi connectivity index (χ2n) is 6.44. The topological polar surface area (TPSA) is 73.2 Å². The van der Waals surface area contributed by atoms with Crippen molar-refractivity contribution in [3.8, 4) is 5.69 Å². The number of carbonyl (C=O) groups excluding carboxylic acids is 2. The first kappa shape index (κ1) is 19.4. The van der Waals surface area contributed by atoms with Crippen LogP contribution >= 0.6 is 0 Å². The maximum absolute atomic E-state index is 12.5. The van der Waals surface area contributed by atoms with Crippen molar-refractivity contribution < 1.29 is 14.3 Å². The van der Waals surface area contributed by atoms with Crippen LogP contribution in [0.2, 0.25) is 0 Å². The summed E-state index contributed by atoms with van der Waals surface area (Å²) < 4.78 is 6.55. The average Bonchev–Trinajstić information content (AvgIpc) is 3.22. The molecule has 0 radical (unpaired) electrons. The molecule has 6 nitrogen and oxygen atoms in total. The van der Waals surface area contributed by atoms with E-state index in [2.05, 4.69) is 10.4 Å². The SMILES string of the molecule is COC(=O)CC(NC(=O)CCc1cnn(-c2ccccc2)c1)c1ccccc1. The van der Waals surface area contributed by atoms with E-state index in [1.807, 2.05) is 66.9 Å². The quantitative estimate of drug-likeness (QED) is 0.612. The van der Waals surface area contributed by atoms with Crippen molar-refractivity contribution in [1.29, 1.82) is 0 Å². The lowest BCUT2D eigenvalue weighted by Crippen LogP contribution is -2.30. The number of nitrogens with zero attached hydrogens (tertiary/aromatic N) is 2. The second-order valence-corrected chi connectivity index (χ2v) is 6.44. The lowest BCUT2D eigenvalue weighted by atomic mass is 10.0. The van der Waals surface area contributed by atoms with Crippen molar-refractivity contribution in [2.75, 3.05) is 7.11 Å². The monoisotopic (exact) mass is 377 g/mol. The zero-order valence-electron chi connectivity index (χ0n) is 15.7. The van der Waals surface area contributed by atoms with E-state index in [0.717, 1.165) is 16.8 Å². The van der Waals surface area contributed by atoms with Crippen LogP contribution in [0.25, 0.3) is 5.69 Å². The number of ether oxygens (including phenoxy) is 1. The Balaban J connectivity index is 1.59. The summed E-state index contributed by atoms with van der Waals surface area (Å²) in [5.41, 5.74) is 2.82. The van der Waals surface area contributed by atoms with Crippen molar-refractivity contribution >= 4 is 11.9 Å². The Morgan fingerprint density at radius 1 is 1.07 bits per heavy atom. The minimum absolute atomic E-state index is 0.0954. The third-order valence-electron chi connectivity index (χ3n) is 4.43. The summed E-state index contributed by atoms with van der Waals surface area (Å²) in [6.45, 7) is 0. The average molecular weight is 377 g/mol. The van der Waals surface area contributed by atoms with Crippen molar-refractivity contribution in [2.24, 2.45) is 0 Å². The molecule has 0 aliphatic heterocycles. The number of hydrogen-bond donors (Lipinski definition) is 1. The molecular weight excluding hydrogens is 354 g/mol. The lowest BCUT2D eigenvalue weighted by Gasteiger charge is -2.18. The summed E-state index contributed by atoms with van der Waals surface area (Å²) in [6, 6.07) is 18.8. The summed E-state index contributed by atoms with van der Waals surface area (Å²) in [4.78, 5) is 24.2. The van der Waals surface area contributed by atoms with Gasteiger partial charge < -0.3 is 10.1 Å². The van der Waals surface area contributed by atoms with Gasteiger partial charge >= 0.3 is 5.97 Å². The van der Waals surface area contributed by atoms with E-state index in [1.165, 1.54) is 7.11 Å². The Hall–Kier alpha value is -3.41. The van der Waals surface area contributed by atoms with Gasteiger partial charge in [-0.15, -0.1) is 0 Å². The molecule has 1 N–H and O–H groups in total. The highest BCUT2D eigenvalue weighted by Gasteiger charge is 2.18. The zero-order chi connectivity index (χ0) is 19.8. The molecule has 144 valence electrons. The van der Waals surface area contributed by atoms with Gasteiger partial charge in [0.05, 0.1) is 31.5 Å². The molecule has 1 heterocycles. The van der Waals surface area contributed by atoms with Gasteiger partial charge in [-0.1, -0.05) is 48.5 Å². The van der Waals surface area contributed by atoms with Crippen LogP contribution in [-0.4, -0.2) is 28.8 Å². The van der Waals surface area contributed by atoms with Crippen LogP contribution < -0.4 is 5.32 Å². The van der Waals surface area contributed by atoms with Crippen LogP contribution in [0.3, 0.4) is 0 Å². The van der Waals surface area contributed by atoms with E-state index in [1.54, 1.807) is 10.9 Å². The van der Waals surface area contributed by atoms with E-state index < -0.39 is 6.04 Å². The number of aromatic nitrogens is 2. The van der Waals surface area contributed by atoms with E-state index in [9.17, 15) is 9.59 Å². The predicted molar refractivity (Wildman–Crippen MR) is 106 cm³/mol. The fourth-order valence-electron chi connectivity index (χ4n) is 2.92. The minimum Gasteiger partial charge on any atom is -0.469 e.